The van der Waals surface area contributed by atoms with Crippen LogP contribution in [0.15, 0.2) is 91.0 Å². The third-order valence-corrected chi connectivity index (χ3v) is 8.36. The lowest BCUT2D eigenvalue weighted by atomic mass is 10.1. The fourth-order valence-electron chi connectivity index (χ4n) is 6.07. The van der Waals surface area contributed by atoms with Crippen molar-refractivity contribution < 1.29 is 19.3 Å². The average Bonchev–Trinajstić information content (AvgIpc) is 3.32. The van der Waals surface area contributed by atoms with Gasteiger partial charge in [-0.15, -0.1) is 0 Å². The summed E-state index contributed by atoms with van der Waals surface area (Å²) in [5, 5.41) is 11.1. The Balaban J connectivity index is 1.28. The van der Waals surface area contributed by atoms with Crippen molar-refractivity contribution in [1.29, 1.82) is 0 Å². The van der Waals surface area contributed by atoms with E-state index in [2.05, 4.69) is 52.8 Å². The third-order valence-electron chi connectivity index (χ3n) is 8.36. The number of benzene rings is 4. The zero-order valence-corrected chi connectivity index (χ0v) is 25.1. The first-order valence-corrected chi connectivity index (χ1v) is 15.2. The lowest BCUT2D eigenvalue weighted by Crippen LogP contribution is -2.33. The number of fused-ring (bicyclic) bond motifs is 1. The van der Waals surface area contributed by atoms with Gasteiger partial charge in [0, 0.05) is 24.0 Å². The van der Waals surface area contributed by atoms with Crippen LogP contribution >= 0.6 is 0 Å². The van der Waals surface area contributed by atoms with E-state index in [0.29, 0.717) is 19.8 Å². The molecule has 0 aliphatic carbocycles. The molecular formula is C37H40N2O4. The van der Waals surface area contributed by atoms with Gasteiger partial charge in [0.2, 0.25) is 0 Å². The summed E-state index contributed by atoms with van der Waals surface area (Å²) >= 11 is 0. The molecular weight excluding hydrogens is 536 g/mol. The highest BCUT2D eigenvalue weighted by molar-refractivity contribution is 5.92. The fraction of sp³-hybridized carbons (Fsp3) is 0.297. The normalized spacial score (nSPS) is 13.7. The summed E-state index contributed by atoms with van der Waals surface area (Å²) < 4.78 is 20.5. The maximum absolute atomic E-state index is 9.97. The van der Waals surface area contributed by atoms with Crippen LogP contribution in [-0.2, 0) is 13.2 Å². The number of piperidine rings is 1. The average molecular weight is 577 g/mol. The molecule has 6 rings (SSSR count). The van der Waals surface area contributed by atoms with E-state index in [9.17, 15) is 5.11 Å². The molecule has 6 nitrogen and oxygen atoms in total. The highest BCUT2D eigenvalue weighted by Crippen LogP contribution is 2.37. The van der Waals surface area contributed by atoms with E-state index in [1.54, 1.807) is 19.2 Å². The van der Waals surface area contributed by atoms with E-state index in [1.807, 2.05) is 42.5 Å². The number of phenolic OH excluding ortho intramolecular Hbond substituents is 1. The number of likely N-dealkylation sites (tertiary alicyclic amines) is 1. The van der Waals surface area contributed by atoms with Crippen molar-refractivity contribution >= 4 is 10.9 Å². The smallest absolute Gasteiger partial charge is 0.161 e. The van der Waals surface area contributed by atoms with E-state index < -0.39 is 0 Å². The van der Waals surface area contributed by atoms with Gasteiger partial charge in [-0.2, -0.15) is 0 Å². The van der Waals surface area contributed by atoms with Crippen LogP contribution in [0.1, 0.15) is 36.0 Å². The topological polar surface area (TPSA) is 56.1 Å². The second-order valence-corrected chi connectivity index (χ2v) is 11.3. The molecule has 0 saturated carbocycles. The molecule has 1 aromatic heterocycles. The zero-order valence-electron chi connectivity index (χ0n) is 25.1. The molecule has 6 heteroatoms. The summed E-state index contributed by atoms with van der Waals surface area (Å²) in [6.07, 6.45) is 3.89. The Morgan fingerprint density at radius 3 is 2.33 bits per heavy atom. The van der Waals surface area contributed by atoms with Crippen molar-refractivity contribution in [2.75, 3.05) is 33.4 Å². The molecule has 0 unspecified atom stereocenters. The summed E-state index contributed by atoms with van der Waals surface area (Å²) in [5.74, 6) is 2.60. The molecule has 0 bridgehead atoms. The first-order chi connectivity index (χ1) is 21.1. The monoisotopic (exact) mass is 576 g/mol. The molecule has 1 saturated heterocycles. The number of phenols is 1. The molecule has 0 spiro atoms. The van der Waals surface area contributed by atoms with Crippen LogP contribution in [0.4, 0.5) is 0 Å². The van der Waals surface area contributed by atoms with Crippen LogP contribution in [0.3, 0.4) is 0 Å². The van der Waals surface area contributed by atoms with Gasteiger partial charge < -0.3 is 23.9 Å². The number of aromatic hydroxyl groups is 1. The van der Waals surface area contributed by atoms with Gasteiger partial charge in [0.15, 0.2) is 11.5 Å². The molecule has 4 aromatic carbocycles. The first-order valence-electron chi connectivity index (χ1n) is 15.2. The third kappa shape index (κ3) is 6.65. The van der Waals surface area contributed by atoms with Crippen molar-refractivity contribution in [3.63, 3.8) is 0 Å². The van der Waals surface area contributed by atoms with Crippen molar-refractivity contribution in [3.05, 3.63) is 108 Å². The van der Waals surface area contributed by atoms with Gasteiger partial charge in [0.1, 0.15) is 24.7 Å². The number of rotatable bonds is 11. The van der Waals surface area contributed by atoms with Crippen molar-refractivity contribution in [2.45, 2.75) is 39.3 Å². The maximum Gasteiger partial charge on any atom is 0.161 e. The minimum Gasteiger partial charge on any atom is -0.508 e. The van der Waals surface area contributed by atoms with E-state index in [0.717, 1.165) is 75.7 Å². The van der Waals surface area contributed by atoms with E-state index >= 15 is 0 Å². The standard InChI is InChI=1S/C37H40N2O4/c1-27-33-24-32(43-26-28-9-5-3-6-10-28)16-17-34(33)39(37(27)30-12-14-31(40)15-13-30)25-29-11-18-35(36(23-29)41-2)42-22-21-38-19-7-4-8-20-38/h3,5-6,9-18,23-24,40H,4,7-8,19-22,25-26H2,1-2H3. The number of ether oxygens (including phenoxy) is 3. The van der Waals surface area contributed by atoms with E-state index in [1.165, 1.54) is 19.3 Å². The summed E-state index contributed by atoms with van der Waals surface area (Å²) in [6, 6.07) is 30.2. The van der Waals surface area contributed by atoms with Gasteiger partial charge in [0.05, 0.1) is 12.8 Å². The summed E-state index contributed by atoms with van der Waals surface area (Å²) in [7, 11) is 1.70. The van der Waals surface area contributed by atoms with Gasteiger partial charge in [-0.05, 0) is 110 Å². The number of aryl methyl sites for hydroxylation is 1. The Hall–Kier alpha value is -4.42. The van der Waals surface area contributed by atoms with Crippen LogP contribution in [0.25, 0.3) is 22.2 Å². The number of nitrogens with zero attached hydrogens (tertiary/aromatic N) is 2. The first kappa shape index (κ1) is 28.7. The predicted molar refractivity (Wildman–Crippen MR) is 172 cm³/mol. The van der Waals surface area contributed by atoms with Crippen LogP contribution in [0, 0.1) is 6.92 Å². The molecule has 5 aromatic rings. The minimum absolute atomic E-state index is 0.251. The Morgan fingerprint density at radius 2 is 1.56 bits per heavy atom. The Bertz CT molecular complexity index is 1650. The molecule has 43 heavy (non-hydrogen) atoms. The van der Waals surface area contributed by atoms with Gasteiger partial charge in [-0.3, -0.25) is 4.90 Å². The Labute approximate surface area is 254 Å². The van der Waals surface area contributed by atoms with Gasteiger partial charge >= 0.3 is 0 Å². The molecule has 0 atom stereocenters. The molecule has 0 radical (unpaired) electrons. The summed E-state index contributed by atoms with van der Waals surface area (Å²) in [5.41, 5.74) is 6.68. The lowest BCUT2D eigenvalue weighted by Gasteiger charge is -2.26. The van der Waals surface area contributed by atoms with Crippen LogP contribution in [0.5, 0.6) is 23.0 Å². The second-order valence-electron chi connectivity index (χ2n) is 11.3. The molecule has 1 aliphatic rings. The van der Waals surface area contributed by atoms with Crippen molar-refractivity contribution in [2.24, 2.45) is 0 Å². The van der Waals surface area contributed by atoms with E-state index in [4.69, 9.17) is 14.2 Å². The molecule has 1 aliphatic heterocycles. The molecule has 2 heterocycles. The van der Waals surface area contributed by atoms with E-state index in [-0.39, 0.29) is 5.75 Å². The minimum atomic E-state index is 0.251. The van der Waals surface area contributed by atoms with Gasteiger partial charge in [-0.1, -0.05) is 42.8 Å². The van der Waals surface area contributed by atoms with Crippen molar-refractivity contribution in [3.8, 4) is 34.3 Å². The Morgan fingerprint density at radius 1 is 0.767 bits per heavy atom. The number of hydrogen-bond donors (Lipinski definition) is 1. The summed E-state index contributed by atoms with van der Waals surface area (Å²) in [4.78, 5) is 2.48. The fourth-order valence-corrected chi connectivity index (χ4v) is 6.07. The van der Waals surface area contributed by atoms with Crippen molar-refractivity contribution in [1.82, 2.24) is 9.47 Å². The zero-order chi connectivity index (χ0) is 29.6. The second kappa shape index (κ2) is 13.3. The van der Waals surface area contributed by atoms with Crippen LogP contribution in [-0.4, -0.2) is 47.9 Å². The molecule has 0 amide bonds. The maximum atomic E-state index is 9.97. The quantitative estimate of drug-likeness (QED) is 0.174. The highest BCUT2D eigenvalue weighted by atomic mass is 16.5. The largest absolute Gasteiger partial charge is 0.508 e. The number of methoxy groups -OCH3 is 1. The predicted octanol–water partition coefficient (Wildman–Crippen LogP) is 7.82. The Kier molecular flexibility index (Phi) is 8.85. The SMILES string of the molecule is COc1cc(Cn2c(-c3ccc(O)cc3)c(C)c3cc(OCc4ccccc4)ccc32)ccc1OCCN1CCCCC1. The lowest BCUT2D eigenvalue weighted by molar-refractivity contribution is 0.180. The molecule has 222 valence electrons. The molecule has 1 N–H and O–H groups in total. The number of aromatic nitrogens is 1. The number of hydrogen-bond acceptors (Lipinski definition) is 5. The van der Waals surface area contributed by atoms with Crippen LogP contribution < -0.4 is 14.2 Å². The highest BCUT2D eigenvalue weighted by Gasteiger charge is 2.18. The summed E-state index contributed by atoms with van der Waals surface area (Å²) in [6.45, 7) is 7.23. The molecule has 1 fully saturated rings. The van der Waals surface area contributed by atoms with Crippen LogP contribution in [0.2, 0.25) is 0 Å². The van der Waals surface area contributed by atoms with Gasteiger partial charge in [0.25, 0.3) is 0 Å². The van der Waals surface area contributed by atoms with Gasteiger partial charge in [-0.25, -0.2) is 0 Å².